The molecule has 6 nitrogen and oxygen atoms in total. The van der Waals surface area contributed by atoms with Crippen molar-refractivity contribution in [3.63, 3.8) is 0 Å². The summed E-state index contributed by atoms with van der Waals surface area (Å²) in [5.74, 6) is 1.12. The van der Waals surface area contributed by atoms with E-state index in [1.54, 1.807) is 11.3 Å². The van der Waals surface area contributed by atoms with Crippen LogP contribution < -0.4 is 16.0 Å². The first kappa shape index (κ1) is 23.6. The van der Waals surface area contributed by atoms with E-state index in [9.17, 15) is 4.79 Å². The first-order chi connectivity index (χ1) is 13.7. The number of amides is 1. The number of hydrogen-bond donors (Lipinski definition) is 3. The van der Waals surface area contributed by atoms with E-state index in [1.165, 1.54) is 0 Å². The molecule has 0 radical (unpaired) electrons. The van der Waals surface area contributed by atoms with Crippen LogP contribution in [0.1, 0.15) is 77.9 Å². The molecule has 2 rings (SSSR count). The molecule has 0 saturated heterocycles. The number of nitrogens with zero attached hydrogens (tertiary/aromatic N) is 2. The Kier molecular flexibility index (Phi) is 8.93. The summed E-state index contributed by atoms with van der Waals surface area (Å²) < 4.78 is 0. The molecule has 1 amide bonds. The van der Waals surface area contributed by atoms with E-state index in [0.29, 0.717) is 6.54 Å². The Hall–Kier alpha value is -1.63. The van der Waals surface area contributed by atoms with Gasteiger partial charge in [0, 0.05) is 48.3 Å². The molecule has 1 aliphatic rings. The van der Waals surface area contributed by atoms with Crippen LogP contribution in [0, 0.1) is 5.92 Å². The Labute approximate surface area is 180 Å². The van der Waals surface area contributed by atoms with Gasteiger partial charge in [-0.15, -0.1) is 11.3 Å². The summed E-state index contributed by atoms with van der Waals surface area (Å²) in [4.78, 5) is 21.9. The summed E-state index contributed by atoms with van der Waals surface area (Å²) in [6.45, 7) is 14.2. The van der Waals surface area contributed by atoms with Crippen molar-refractivity contribution in [3.05, 3.63) is 16.1 Å². The molecule has 1 aliphatic carbocycles. The lowest BCUT2D eigenvalue weighted by molar-refractivity contribution is -0.126. The lowest BCUT2D eigenvalue weighted by Crippen LogP contribution is -2.47. The predicted octanol–water partition coefficient (Wildman–Crippen LogP) is 3.62. The van der Waals surface area contributed by atoms with Crippen molar-refractivity contribution >= 4 is 23.2 Å². The van der Waals surface area contributed by atoms with Crippen LogP contribution in [0.25, 0.3) is 0 Å². The molecule has 0 spiro atoms. The fourth-order valence-electron chi connectivity index (χ4n) is 3.51. The SMILES string of the molecule is CCNC(=NCCc1nc(C(C)(C)C)cs1)NC1CCCC(C(=O)NC(C)C)C1. The topological polar surface area (TPSA) is 78.4 Å². The highest BCUT2D eigenvalue weighted by Crippen LogP contribution is 2.25. The minimum Gasteiger partial charge on any atom is -0.357 e. The lowest BCUT2D eigenvalue weighted by atomic mass is 9.85. The number of nitrogens with one attached hydrogen (secondary N) is 3. The highest BCUT2D eigenvalue weighted by Gasteiger charge is 2.28. The summed E-state index contributed by atoms with van der Waals surface area (Å²) in [5, 5.41) is 13.3. The number of carbonyl (C=O) groups is 1. The van der Waals surface area contributed by atoms with Crippen molar-refractivity contribution in [2.45, 2.75) is 91.1 Å². The van der Waals surface area contributed by atoms with Gasteiger partial charge in [0.1, 0.15) is 0 Å². The van der Waals surface area contributed by atoms with Crippen LogP contribution in [0.5, 0.6) is 0 Å². The molecule has 164 valence electrons. The summed E-state index contributed by atoms with van der Waals surface area (Å²) >= 11 is 1.72. The maximum Gasteiger partial charge on any atom is 0.223 e. The Bertz CT molecular complexity index is 677. The number of aromatic nitrogens is 1. The van der Waals surface area contributed by atoms with Crippen LogP contribution in [-0.2, 0) is 16.6 Å². The highest BCUT2D eigenvalue weighted by atomic mass is 32.1. The maximum atomic E-state index is 12.4. The van der Waals surface area contributed by atoms with E-state index in [-0.39, 0.29) is 29.3 Å². The van der Waals surface area contributed by atoms with Crippen LogP contribution >= 0.6 is 11.3 Å². The molecule has 1 saturated carbocycles. The average Bonchev–Trinajstić information content (AvgIpc) is 3.11. The standard InChI is InChI=1S/C22H39N5OS/c1-7-23-21(24-12-11-19-27-18(14-29-19)22(4,5)6)26-17-10-8-9-16(13-17)20(28)25-15(2)3/h14-17H,7-13H2,1-6H3,(H,25,28)(H2,23,24,26). The Morgan fingerprint density at radius 2 is 2.10 bits per heavy atom. The van der Waals surface area contributed by atoms with Gasteiger partial charge in [0.05, 0.1) is 10.7 Å². The van der Waals surface area contributed by atoms with Crippen LogP contribution in [0.15, 0.2) is 10.4 Å². The second-order valence-electron chi connectivity index (χ2n) is 9.26. The molecule has 0 bridgehead atoms. The first-order valence-corrected chi connectivity index (χ1v) is 11.9. The maximum absolute atomic E-state index is 12.4. The minimum absolute atomic E-state index is 0.0912. The first-order valence-electron chi connectivity index (χ1n) is 11.0. The third-order valence-corrected chi connectivity index (χ3v) is 5.99. The fraction of sp³-hybridized carbons (Fsp3) is 0.773. The zero-order chi connectivity index (χ0) is 21.4. The molecule has 1 heterocycles. The molecule has 7 heteroatoms. The van der Waals surface area contributed by atoms with Crippen molar-refractivity contribution in [2.75, 3.05) is 13.1 Å². The Morgan fingerprint density at radius 3 is 2.72 bits per heavy atom. The van der Waals surface area contributed by atoms with Crippen molar-refractivity contribution in [1.29, 1.82) is 0 Å². The van der Waals surface area contributed by atoms with Crippen molar-refractivity contribution < 1.29 is 4.79 Å². The molecule has 1 aromatic rings. The van der Waals surface area contributed by atoms with E-state index in [4.69, 9.17) is 9.98 Å². The number of aliphatic imine (C=N–C) groups is 1. The van der Waals surface area contributed by atoms with Crippen LogP contribution in [0.2, 0.25) is 0 Å². The van der Waals surface area contributed by atoms with E-state index in [2.05, 4.69) is 49.0 Å². The lowest BCUT2D eigenvalue weighted by Gasteiger charge is -2.30. The van der Waals surface area contributed by atoms with Gasteiger partial charge in [-0.05, 0) is 40.0 Å². The van der Waals surface area contributed by atoms with Gasteiger partial charge in [-0.1, -0.05) is 27.2 Å². The quantitative estimate of drug-likeness (QED) is 0.464. The van der Waals surface area contributed by atoms with Gasteiger partial charge in [-0.3, -0.25) is 9.79 Å². The number of rotatable bonds is 7. The van der Waals surface area contributed by atoms with Crippen LogP contribution in [0.3, 0.4) is 0 Å². The van der Waals surface area contributed by atoms with Crippen molar-refractivity contribution in [2.24, 2.45) is 10.9 Å². The van der Waals surface area contributed by atoms with Crippen LogP contribution in [0.4, 0.5) is 0 Å². The molecule has 2 atom stereocenters. The molecular formula is C22H39N5OS. The third-order valence-electron chi connectivity index (χ3n) is 5.08. The summed E-state index contributed by atoms with van der Waals surface area (Å²) in [6, 6.07) is 0.483. The number of thiazole rings is 1. The normalized spacial score (nSPS) is 20.6. The highest BCUT2D eigenvalue weighted by molar-refractivity contribution is 7.09. The van der Waals surface area contributed by atoms with Crippen LogP contribution in [-0.4, -0.2) is 42.0 Å². The summed E-state index contributed by atoms with van der Waals surface area (Å²) in [6.07, 6.45) is 4.84. The molecule has 1 fully saturated rings. The molecule has 29 heavy (non-hydrogen) atoms. The largest absolute Gasteiger partial charge is 0.357 e. The second kappa shape index (κ2) is 11.0. The number of carbonyl (C=O) groups excluding carboxylic acids is 1. The summed E-state index contributed by atoms with van der Waals surface area (Å²) in [7, 11) is 0. The zero-order valence-electron chi connectivity index (χ0n) is 19.0. The van der Waals surface area contributed by atoms with Gasteiger partial charge in [-0.25, -0.2) is 4.98 Å². The average molecular weight is 422 g/mol. The van der Waals surface area contributed by atoms with Gasteiger partial charge < -0.3 is 16.0 Å². The molecule has 3 N–H and O–H groups in total. The van der Waals surface area contributed by atoms with Crippen molar-refractivity contribution in [3.8, 4) is 0 Å². The minimum atomic E-state index is 0.0912. The Balaban J connectivity index is 1.89. The van der Waals surface area contributed by atoms with E-state index in [0.717, 1.165) is 55.3 Å². The molecular weight excluding hydrogens is 382 g/mol. The van der Waals surface area contributed by atoms with E-state index >= 15 is 0 Å². The Morgan fingerprint density at radius 1 is 1.34 bits per heavy atom. The van der Waals surface area contributed by atoms with E-state index in [1.807, 2.05) is 13.8 Å². The van der Waals surface area contributed by atoms with Gasteiger partial charge in [0.2, 0.25) is 5.91 Å². The smallest absolute Gasteiger partial charge is 0.223 e. The van der Waals surface area contributed by atoms with Gasteiger partial charge >= 0.3 is 0 Å². The van der Waals surface area contributed by atoms with Gasteiger partial charge in [0.15, 0.2) is 5.96 Å². The zero-order valence-corrected chi connectivity index (χ0v) is 19.8. The van der Waals surface area contributed by atoms with Crippen molar-refractivity contribution in [1.82, 2.24) is 20.9 Å². The summed E-state index contributed by atoms with van der Waals surface area (Å²) in [5.41, 5.74) is 1.24. The van der Waals surface area contributed by atoms with Gasteiger partial charge in [0.25, 0.3) is 0 Å². The van der Waals surface area contributed by atoms with E-state index < -0.39 is 0 Å². The predicted molar refractivity (Wildman–Crippen MR) is 123 cm³/mol. The molecule has 0 aliphatic heterocycles. The third kappa shape index (κ3) is 7.96. The van der Waals surface area contributed by atoms with Gasteiger partial charge in [-0.2, -0.15) is 0 Å². The number of hydrogen-bond acceptors (Lipinski definition) is 4. The second-order valence-corrected chi connectivity index (χ2v) is 10.2. The fourth-order valence-corrected chi connectivity index (χ4v) is 4.52. The monoisotopic (exact) mass is 421 g/mol. The molecule has 2 unspecified atom stereocenters. The number of guanidine groups is 1. The molecule has 1 aromatic heterocycles. The molecule has 0 aromatic carbocycles.